The lowest BCUT2D eigenvalue weighted by Crippen LogP contribution is -2.07. The molecule has 3 rings (SSSR count). The van der Waals surface area contributed by atoms with E-state index >= 15 is 0 Å². The van der Waals surface area contributed by atoms with Crippen LogP contribution in [0.1, 0.15) is 27.0 Å². The zero-order valence-electron chi connectivity index (χ0n) is 14.6. The van der Waals surface area contributed by atoms with Crippen molar-refractivity contribution in [3.05, 3.63) is 87.0 Å². The number of benzene rings is 2. The Labute approximate surface area is 171 Å². The van der Waals surface area contributed by atoms with Crippen molar-refractivity contribution in [1.29, 1.82) is 0 Å². The van der Waals surface area contributed by atoms with Crippen molar-refractivity contribution < 1.29 is 15.1 Å². The Morgan fingerprint density at radius 2 is 1.82 bits per heavy atom. The molecule has 28 heavy (non-hydrogen) atoms. The van der Waals surface area contributed by atoms with Gasteiger partial charge in [0.1, 0.15) is 16.7 Å². The summed E-state index contributed by atoms with van der Waals surface area (Å²) in [5.74, 6) is -0.841. The van der Waals surface area contributed by atoms with Gasteiger partial charge in [0.25, 0.3) is 0 Å². The molecule has 0 radical (unpaired) electrons. The Hall–Kier alpha value is -3.09. The van der Waals surface area contributed by atoms with Crippen molar-refractivity contribution in [2.75, 3.05) is 5.32 Å². The average molecular weight is 416 g/mol. The number of hydrogen-bond acceptors (Lipinski definition) is 5. The van der Waals surface area contributed by atoms with Crippen LogP contribution in [-0.4, -0.2) is 27.0 Å². The van der Waals surface area contributed by atoms with E-state index in [2.05, 4.69) is 15.5 Å². The van der Waals surface area contributed by atoms with E-state index in [1.54, 1.807) is 18.2 Å². The highest BCUT2D eigenvalue weighted by Crippen LogP contribution is 2.27. The number of anilines is 2. The fourth-order valence-electron chi connectivity index (χ4n) is 2.71. The summed E-state index contributed by atoms with van der Waals surface area (Å²) in [6, 6.07) is 15.2. The van der Waals surface area contributed by atoms with Gasteiger partial charge in [0.05, 0.1) is 10.6 Å². The van der Waals surface area contributed by atoms with E-state index in [4.69, 9.17) is 28.3 Å². The molecule has 2 aromatic carbocycles. The first-order valence-corrected chi connectivity index (χ1v) is 8.90. The summed E-state index contributed by atoms with van der Waals surface area (Å²) in [5, 5.41) is 25.5. The Bertz CT molecular complexity index is 1080. The van der Waals surface area contributed by atoms with E-state index in [1.165, 1.54) is 12.1 Å². The van der Waals surface area contributed by atoms with Gasteiger partial charge in [0, 0.05) is 16.8 Å². The van der Waals surface area contributed by atoms with Crippen molar-refractivity contribution in [1.82, 2.24) is 4.98 Å². The Balaban J connectivity index is 1.93. The summed E-state index contributed by atoms with van der Waals surface area (Å²) in [6.07, 6.45) is 0. The van der Waals surface area contributed by atoms with E-state index in [0.717, 1.165) is 11.1 Å². The number of hydrogen-bond donors (Lipinski definition) is 3. The number of pyridine rings is 1. The number of nitrogens with one attached hydrogen (secondary N) is 1. The minimum atomic E-state index is -1.11. The van der Waals surface area contributed by atoms with Crippen molar-refractivity contribution in [3.8, 4) is 0 Å². The van der Waals surface area contributed by atoms with Crippen LogP contribution < -0.4 is 5.32 Å². The van der Waals surface area contributed by atoms with Crippen LogP contribution in [0.4, 0.5) is 11.5 Å². The highest BCUT2D eigenvalue weighted by Gasteiger charge is 2.15. The molecule has 0 fully saturated rings. The number of rotatable bonds is 5. The fraction of sp³-hybridized carbons (Fsp3) is 0.0500. The lowest BCUT2D eigenvalue weighted by molar-refractivity contribution is 0.0697. The monoisotopic (exact) mass is 415 g/mol. The third-order valence-electron chi connectivity index (χ3n) is 4.04. The number of aromatic nitrogens is 1. The van der Waals surface area contributed by atoms with Crippen LogP contribution in [0.3, 0.4) is 0 Å². The Morgan fingerprint density at radius 1 is 1.07 bits per heavy atom. The third-order valence-corrected chi connectivity index (χ3v) is 4.54. The van der Waals surface area contributed by atoms with Gasteiger partial charge in [-0.3, -0.25) is 0 Å². The lowest BCUT2D eigenvalue weighted by atomic mass is 9.98. The van der Waals surface area contributed by atoms with Gasteiger partial charge in [-0.1, -0.05) is 52.6 Å². The maximum absolute atomic E-state index is 11.2. The second-order valence-electron chi connectivity index (χ2n) is 5.95. The van der Waals surface area contributed by atoms with Gasteiger partial charge in [-0.2, -0.15) is 0 Å². The van der Waals surface area contributed by atoms with E-state index in [0.29, 0.717) is 22.0 Å². The zero-order chi connectivity index (χ0) is 20.3. The van der Waals surface area contributed by atoms with Crippen molar-refractivity contribution in [2.24, 2.45) is 5.16 Å². The summed E-state index contributed by atoms with van der Waals surface area (Å²) in [4.78, 5) is 15.2. The maximum atomic E-state index is 11.2. The molecule has 0 spiro atoms. The van der Waals surface area contributed by atoms with Gasteiger partial charge < -0.3 is 15.6 Å². The van der Waals surface area contributed by atoms with Gasteiger partial charge in [0.2, 0.25) is 0 Å². The predicted molar refractivity (Wildman–Crippen MR) is 110 cm³/mol. The van der Waals surface area contributed by atoms with Crippen molar-refractivity contribution >= 4 is 46.4 Å². The minimum Gasteiger partial charge on any atom is -0.478 e. The molecule has 0 aliphatic carbocycles. The molecule has 142 valence electrons. The Morgan fingerprint density at radius 3 is 2.46 bits per heavy atom. The van der Waals surface area contributed by atoms with Crippen molar-refractivity contribution in [3.63, 3.8) is 0 Å². The molecular weight excluding hydrogens is 401 g/mol. The first kappa shape index (κ1) is 19.7. The van der Waals surface area contributed by atoms with Crippen LogP contribution in [0.25, 0.3) is 0 Å². The number of carboxylic acid groups (broad SMARTS) is 1. The van der Waals surface area contributed by atoms with E-state index in [9.17, 15) is 10.0 Å². The molecule has 1 aromatic heterocycles. The van der Waals surface area contributed by atoms with Gasteiger partial charge in [-0.15, -0.1) is 0 Å². The summed E-state index contributed by atoms with van der Waals surface area (Å²) in [7, 11) is 0. The van der Waals surface area contributed by atoms with Crippen LogP contribution in [0, 0.1) is 6.92 Å². The van der Waals surface area contributed by atoms with Crippen LogP contribution in [0.2, 0.25) is 10.2 Å². The molecule has 6 nitrogen and oxygen atoms in total. The number of oxime groups is 1. The third kappa shape index (κ3) is 4.24. The standard InChI is InChI=1S/C20H15Cl2N3O3/c1-11-4-2-3-5-14(11)19(25-28)15-7-6-13(10-16(15)21)23-18-9-12(20(26)27)8-17(22)24-18/h2-10,28H,1H3,(H,23,24)(H,26,27). The van der Waals surface area contributed by atoms with Gasteiger partial charge in [0.15, 0.2) is 0 Å². The molecule has 0 saturated carbocycles. The van der Waals surface area contributed by atoms with Gasteiger partial charge >= 0.3 is 5.97 Å². The summed E-state index contributed by atoms with van der Waals surface area (Å²) < 4.78 is 0. The van der Waals surface area contributed by atoms with E-state index < -0.39 is 5.97 Å². The minimum absolute atomic E-state index is 0.0134. The average Bonchev–Trinajstić information content (AvgIpc) is 2.65. The van der Waals surface area contributed by atoms with Crippen LogP contribution in [-0.2, 0) is 0 Å². The normalized spacial score (nSPS) is 11.3. The second-order valence-corrected chi connectivity index (χ2v) is 6.75. The molecule has 0 amide bonds. The van der Waals surface area contributed by atoms with E-state index in [1.807, 2.05) is 31.2 Å². The quantitative estimate of drug-likeness (QED) is 0.225. The molecule has 1 heterocycles. The second kappa shape index (κ2) is 8.29. The number of carbonyl (C=O) groups is 1. The molecule has 0 atom stereocenters. The molecule has 3 N–H and O–H groups in total. The number of carboxylic acids is 1. The van der Waals surface area contributed by atoms with Gasteiger partial charge in [-0.25, -0.2) is 9.78 Å². The van der Waals surface area contributed by atoms with Crippen LogP contribution in [0.15, 0.2) is 59.8 Å². The van der Waals surface area contributed by atoms with Crippen molar-refractivity contribution in [2.45, 2.75) is 6.92 Å². The zero-order valence-corrected chi connectivity index (χ0v) is 16.2. The largest absolute Gasteiger partial charge is 0.478 e. The number of aryl methyl sites for hydroxylation is 1. The van der Waals surface area contributed by atoms with Gasteiger partial charge in [-0.05, 0) is 42.8 Å². The summed E-state index contributed by atoms with van der Waals surface area (Å²) >= 11 is 12.3. The highest BCUT2D eigenvalue weighted by atomic mass is 35.5. The molecule has 8 heteroatoms. The Kier molecular flexibility index (Phi) is 5.82. The first-order valence-electron chi connectivity index (χ1n) is 8.15. The van der Waals surface area contributed by atoms with E-state index in [-0.39, 0.29) is 16.5 Å². The molecule has 0 unspecified atom stereocenters. The molecular formula is C20H15Cl2N3O3. The topological polar surface area (TPSA) is 94.8 Å². The molecule has 0 saturated heterocycles. The molecule has 3 aromatic rings. The van der Waals surface area contributed by atoms with Crippen LogP contribution in [0.5, 0.6) is 0 Å². The fourth-order valence-corrected chi connectivity index (χ4v) is 3.19. The summed E-state index contributed by atoms with van der Waals surface area (Å²) in [6.45, 7) is 1.91. The lowest BCUT2D eigenvalue weighted by Gasteiger charge is -2.12. The number of nitrogens with zero attached hydrogens (tertiary/aromatic N) is 2. The molecule has 0 aliphatic rings. The maximum Gasteiger partial charge on any atom is 0.335 e. The predicted octanol–water partition coefficient (Wildman–Crippen LogP) is 5.37. The highest BCUT2D eigenvalue weighted by molar-refractivity contribution is 6.35. The summed E-state index contributed by atoms with van der Waals surface area (Å²) in [5.41, 5.74) is 3.19. The molecule has 0 aliphatic heterocycles. The number of aromatic carboxylic acids is 1. The first-order chi connectivity index (χ1) is 13.4. The SMILES string of the molecule is Cc1ccccc1C(=NO)c1ccc(Nc2cc(C(=O)O)cc(Cl)n2)cc1Cl. The smallest absolute Gasteiger partial charge is 0.335 e. The molecule has 0 bridgehead atoms. The number of halogens is 2. The van der Waals surface area contributed by atoms with Crippen LogP contribution >= 0.6 is 23.2 Å².